The van der Waals surface area contributed by atoms with Crippen molar-refractivity contribution >= 4 is 34.0 Å². The number of nitrogen functional groups attached to an aromatic ring is 1. The number of nitrogens with two attached hydrogens (primary N) is 1. The molecule has 0 aliphatic carbocycles. The highest BCUT2D eigenvalue weighted by Gasteiger charge is 2.13. The van der Waals surface area contributed by atoms with E-state index in [9.17, 15) is 0 Å². The third-order valence-corrected chi connectivity index (χ3v) is 4.11. The fraction of sp³-hybridized carbons (Fsp3) is 0.214. The maximum Gasteiger partial charge on any atom is 0.166 e. The molecule has 0 radical (unpaired) electrons. The number of pyridine rings is 1. The van der Waals surface area contributed by atoms with Gasteiger partial charge in [-0.15, -0.1) is 11.3 Å². The number of hydrogen-bond donors (Lipinski definition) is 2. The van der Waals surface area contributed by atoms with Crippen LogP contribution in [0.4, 0.5) is 11.6 Å². The molecule has 6 heteroatoms. The molecule has 20 heavy (non-hydrogen) atoms. The van der Waals surface area contributed by atoms with Gasteiger partial charge in [-0.25, -0.2) is 15.0 Å². The molecule has 1 atom stereocenters. The molecule has 102 valence electrons. The minimum atomic E-state index is 0.241. The van der Waals surface area contributed by atoms with Gasteiger partial charge in [0.2, 0.25) is 0 Å². The van der Waals surface area contributed by atoms with Crippen LogP contribution in [0.1, 0.15) is 24.3 Å². The number of rotatable bonds is 4. The summed E-state index contributed by atoms with van der Waals surface area (Å²) in [7, 11) is 0. The standard InChI is InChI=1S/C14H15N5S/c1-2-10(11-4-3-7-20-11)18-13-9-5-6-12(15)19-14(9)17-8-16-13/h3-8,10H,2H2,1H3,(H3,15,16,17,18,19). The first-order valence-corrected chi connectivity index (χ1v) is 7.33. The van der Waals surface area contributed by atoms with Crippen molar-refractivity contribution in [3.05, 3.63) is 40.8 Å². The van der Waals surface area contributed by atoms with Crippen molar-refractivity contribution in [1.82, 2.24) is 15.0 Å². The average molecular weight is 285 g/mol. The van der Waals surface area contributed by atoms with Gasteiger partial charge in [0.05, 0.1) is 11.4 Å². The van der Waals surface area contributed by atoms with Crippen molar-refractivity contribution in [3.63, 3.8) is 0 Å². The maximum atomic E-state index is 5.69. The molecule has 0 fully saturated rings. The fourth-order valence-corrected chi connectivity index (χ4v) is 2.96. The van der Waals surface area contributed by atoms with Crippen LogP contribution in [-0.4, -0.2) is 15.0 Å². The summed E-state index contributed by atoms with van der Waals surface area (Å²) in [6, 6.07) is 8.10. The Balaban J connectivity index is 1.98. The van der Waals surface area contributed by atoms with Gasteiger partial charge < -0.3 is 11.1 Å². The second-order valence-electron chi connectivity index (χ2n) is 4.45. The number of anilines is 2. The van der Waals surface area contributed by atoms with Gasteiger partial charge in [0, 0.05) is 4.88 Å². The second kappa shape index (κ2) is 5.42. The first-order valence-electron chi connectivity index (χ1n) is 6.45. The fourth-order valence-electron chi connectivity index (χ4n) is 2.10. The van der Waals surface area contributed by atoms with Gasteiger partial charge in [-0.1, -0.05) is 13.0 Å². The van der Waals surface area contributed by atoms with Crippen LogP contribution in [0.15, 0.2) is 36.0 Å². The predicted molar refractivity (Wildman–Crippen MR) is 82.7 cm³/mol. The van der Waals surface area contributed by atoms with Gasteiger partial charge in [-0.2, -0.15) is 0 Å². The van der Waals surface area contributed by atoms with Crippen molar-refractivity contribution in [2.75, 3.05) is 11.1 Å². The van der Waals surface area contributed by atoms with E-state index in [1.165, 1.54) is 11.2 Å². The Morgan fingerprint density at radius 1 is 1.30 bits per heavy atom. The zero-order valence-corrected chi connectivity index (χ0v) is 11.9. The largest absolute Gasteiger partial charge is 0.384 e. The Kier molecular flexibility index (Phi) is 3.47. The van der Waals surface area contributed by atoms with E-state index in [0.717, 1.165) is 17.6 Å². The Bertz CT molecular complexity index is 711. The van der Waals surface area contributed by atoms with Crippen LogP contribution in [0.5, 0.6) is 0 Å². The molecule has 3 rings (SSSR count). The summed E-state index contributed by atoms with van der Waals surface area (Å²) in [5.74, 6) is 1.26. The van der Waals surface area contributed by atoms with Gasteiger partial charge in [-0.05, 0) is 30.0 Å². The molecule has 3 heterocycles. The van der Waals surface area contributed by atoms with Gasteiger partial charge in [0.15, 0.2) is 5.65 Å². The minimum absolute atomic E-state index is 0.241. The van der Waals surface area contributed by atoms with Crippen LogP contribution in [0.3, 0.4) is 0 Å². The van der Waals surface area contributed by atoms with Gasteiger partial charge in [0.25, 0.3) is 0 Å². The molecule has 0 saturated carbocycles. The quantitative estimate of drug-likeness (QED) is 0.769. The van der Waals surface area contributed by atoms with Crippen molar-refractivity contribution < 1.29 is 0 Å². The summed E-state index contributed by atoms with van der Waals surface area (Å²) in [5.41, 5.74) is 6.30. The summed E-state index contributed by atoms with van der Waals surface area (Å²) in [4.78, 5) is 14.0. The van der Waals surface area contributed by atoms with Gasteiger partial charge >= 0.3 is 0 Å². The van der Waals surface area contributed by atoms with E-state index >= 15 is 0 Å². The first kappa shape index (κ1) is 12.8. The zero-order chi connectivity index (χ0) is 13.9. The molecule has 0 spiro atoms. The lowest BCUT2D eigenvalue weighted by molar-refractivity contribution is 0.759. The van der Waals surface area contributed by atoms with Crippen molar-refractivity contribution in [2.24, 2.45) is 0 Å². The maximum absolute atomic E-state index is 5.69. The van der Waals surface area contributed by atoms with Crippen molar-refractivity contribution in [2.45, 2.75) is 19.4 Å². The number of nitrogens with one attached hydrogen (secondary N) is 1. The van der Waals surface area contributed by atoms with Crippen LogP contribution in [0.25, 0.3) is 11.0 Å². The number of aromatic nitrogens is 3. The SMILES string of the molecule is CCC(Nc1ncnc2nc(N)ccc12)c1cccs1. The van der Waals surface area contributed by atoms with Crippen LogP contribution in [0.2, 0.25) is 0 Å². The first-order chi connectivity index (χ1) is 9.78. The highest BCUT2D eigenvalue weighted by molar-refractivity contribution is 7.10. The molecule has 0 aromatic carbocycles. The number of fused-ring (bicyclic) bond motifs is 1. The molecule has 0 bridgehead atoms. The third kappa shape index (κ3) is 2.42. The van der Waals surface area contributed by atoms with Crippen molar-refractivity contribution in [1.29, 1.82) is 0 Å². The molecular formula is C14H15N5S. The lowest BCUT2D eigenvalue weighted by Gasteiger charge is -2.17. The topological polar surface area (TPSA) is 76.7 Å². The highest BCUT2D eigenvalue weighted by atomic mass is 32.1. The summed E-state index contributed by atoms with van der Waals surface area (Å²) in [6.07, 6.45) is 2.49. The van der Waals surface area contributed by atoms with Gasteiger partial charge in [0.1, 0.15) is 18.0 Å². The van der Waals surface area contributed by atoms with E-state index in [0.29, 0.717) is 11.5 Å². The second-order valence-corrected chi connectivity index (χ2v) is 5.43. The smallest absolute Gasteiger partial charge is 0.166 e. The molecule has 1 unspecified atom stereocenters. The lowest BCUT2D eigenvalue weighted by atomic mass is 10.2. The normalized spacial score (nSPS) is 12.4. The van der Waals surface area contributed by atoms with E-state index in [2.05, 4.69) is 44.7 Å². The van der Waals surface area contributed by atoms with Gasteiger partial charge in [-0.3, -0.25) is 0 Å². The molecule has 0 aliphatic heterocycles. The van der Waals surface area contributed by atoms with Crippen LogP contribution in [-0.2, 0) is 0 Å². The van der Waals surface area contributed by atoms with Crippen LogP contribution in [0, 0.1) is 0 Å². The van der Waals surface area contributed by atoms with E-state index < -0.39 is 0 Å². The summed E-state index contributed by atoms with van der Waals surface area (Å²) in [6.45, 7) is 2.15. The summed E-state index contributed by atoms with van der Waals surface area (Å²) >= 11 is 1.74. The average Bonchev–Trinajstić information content (AvgIpc) is 2.98. The predicted octanol–water partition coefficient (Wildman–Crippen LogP) is 3.23. The Morgan fingerprint density at radius 2 is 2.20 bits per heavy atom. The number of thiophene rings is 1. The third-order valence-electron chi connectivity index (χ3n) is 3.12. The van der Waals surface area contributed by atoms with Crippen molar-refractivity contribution in [3.8, 4) is 0 Å². The Morgan fingerprint density at radius 3 is 2.95 bits per heavy atom. The van der Waals surface area contributed by atoms with E-state index in [-0.39, 0.29) is 6.04 Å². The van der Waals surface area contributed by atoms with E-state index in [4.69, 9.17) is 5.73 Å². The Hall–Kier alpha value is -2.21. The number of nitrogens with zero attached hydrogens (tertiary/aromatic N) is 3. The lowest BCUT2D eigenvalue weighted by Crippen LogP contribution is -2.10. The molecular weight excluding hydrogens is 270 g/mol. The van der Waals surface area contributed by atoms with E-state index in [1.54, 1.807) is 17.4 Å². The van der Waals surface area contributed by atoms with E-state index in [1.807, 2.05) is 6.07 Å². The molecule has 0 amide bonds. The molecule has 5 nitrogen and oxygen atoms in total. The Labute approximate surface area is 120 Å². The molecule has 0 saturated heterocycles. The number of hydrogen-bond acceptors (Lipinski definition) is 6. The molecule has 3 N–H and O–H groups in total. The zero-order valence-electron chi connectivity index (χ0n) is 11.1. The molecule has 3 aromatic heterocycles. The van der Waals surface area contributed by atoms with Crippen LogP contribution >= 0.6 is 11.3 Å². The minimum Gasteiger partial charge on any atom is -0.384 e. The summed E-state index contributed by atoms with van der Waals surface area (Å²) in [5, 5.41) is 6.44. The monoisotopic (exact) mass is 285 g/mol. The molecule has 3 aromatic rings. The summed E-state index contributed by atoms with van der Waals surface area (Å²) < 4.78 is 0. The highest BCUT2D eigenvalue weighted by Crippen LogP contribution is 2.28. The van der Waals surface area contributed by atoms with Crippen LogP contribution < -0.4 is 11.1 Å². The molecule has 0 aliphatic rings.